The zero-order valence-electron chi connectivity index (χ0n) is 14.3. The van der Waals surface area contributed by atoms with Gasteiger partial charge in [0.15, 0.2) is 5.69 Å². The third-order valence-corrected chi connectivity index (χ3v) is 4.50. The van der Waals surface area contributed by atoms with Gasteiger partial charge >= 0.3 is 0 Å². The van der Waals surface area contributed by atoms with Crippen molar-refractivity contribution in [1.29, 1.82) is 0 Å². The number of aromatic nitrogens is 4. The van der Waals surface area contributed by atoms with Gasteiger partial charge in [-0.25, -0.2) is 0 Å². The van der Waals surface area contributed by atoms with Crippen molar-refractivity contribution in [3.8, 4) is 11.3 Å². The molecule has 1 fully saturated rings. The van der Waals surface area contributed by atoms with Crippen molar-refractivity contribution in [3.63, 3.8) is 0 Å². The van der Waals surface area contributed by atoms with Gasteiger partial charge in [-0.1, -0.05) is 0 Å². The number of carbonyl (C=O) groups is 1. The molecule has 0 saturated carbocycles. The van der Waals surface area contributed by atoms with Crippen molar-refractivity contribution in [2.75, 3.05) is 19.6 Å². The summed E-state index contributed by atoms with van der Waals surface area (Å²) in [6.45, 7) is 6.30. The van der Waals surface area contributed by atoms with Crippen LogP contribution in [0.2, 0.25) is 0 Å². The molecule has 1 aliphatic heterocycles. The van der Waals surface area contributed by atoms with Crippen LogP contribution in [-0.4, -0.2) is 56.1 Å². The lowest BCUT2D eigenvalue weighted by molar-refractivity contribution is 0.0645. The van der Waals surface area contributed by atoms with Gasteiger partial charge in [0.05, 0.1) is 5.69 Å². The number of aromatic amines is 1. The van der Waals surface area contributed by atoms with Crippen molar-refractivity contribution in [2.24, 2.45) is 0 Å². The van der Waals surface area contributed by atoms with Crippen LogP contribution in [0, 0.1) is 0 Å². The summed E-state index contributed by atoms with van der Waals surface area (Å²) in [5.41, 5.74) is 2.93. The van der Waals surface area contributed by atoms with E-state index in [1.54, 1.807) is 18.5 Å². The van der Waals surface area contributed by atoms with Gasteiger partial charge in [0.25, 0.3) is 5.91 Å². The Kier molecular flexibility index (Phi) is 3.73. The molecule has 0 aromatic carbocycles. The van der Waals surface area contributed by atoms with Crippen molar-refractivity contribution in [2.45, 2.75) is 19.4 Å². The average Bonchev–Trinajstić information content (AvgIpc) is 3.04. The maximum Gasteiger partial charge on any atom is 0.274 e. The molecule has 1 aliphatic rings. The van der Waals surface area contributed by atoms with Crippen LogP contribution < -0.4 is 5.32 Å². The second-order valence-corrected chi connectivity index (χ2v) is 6.96. The van der Waals surface area contributed by atoms with E-state index >= 15 is 0 Å². The predicted molar refractivity (Wildman–Crippen MR) is 95.1 cm³/mol. The molecule has 2 N–H and O–H groups in total. The van der Waals surface area contributed by atoms with E-state index < -0.39 is 0 Å². The average molecular weight is 336 g/mol. The molecule has 25 heavy (non-hydrogen) atoms. The van der Waals surface area contributed by atoms with Gasteiger partial charge < -0.3 is 15.2 Å². The summed E-state index contributed by atoms with van der Waals surface area (Å²) >= 11 is 0. The molecule has 128 valence electrons. The molecular formula is C18H20N6O. The summed E-state index contributed by atoms with van der Waals surface area (Å²) in [7, 11) is 0. The van der Waals surface area contributed by atoms with Gasteiger partial charge in [-0.15, -0.1) is 10.2 Å². The van der Waals surface area contributed by atoms with E-state index in [0.29, 0.717) is 18.8 Å². The number of nitrogens with one attached hydrogen (secondary N) is 2. The SMILES string of the molecule is CC1(C)CN(C(=O)c2ccc(-c3c[nH]c4ccncc34)nn2)CCN1. The molecule has 1 amide bonds. The van der Waals surface area contributed by atoms with Crippen molar-refractivity contribution >= 4 is 16.8 Å². The zero-order chi connectivity index (χ0) is 17.4. The largest absolute Gasteiger partial charge is 0.360 e. The lowest BCUT2D eigenvalue weighted by Crippen LogP contribution is -2.58. The van der Waals surface area contributed by atoms with Gasteiger partial charge in [0.1, 0.15) is 0 Å². The fraction of sp³-hybridized carbons (Fsp3) is 0.333. The van der Waals surface area contributed by atoms with Crippen LogP contribution in [0.1, 0.15) is 24.3 Å². The Morgan fingerprint density at radius 1 is 1.24 bits per heavy atom. The standard InChI is InChI=1S/C18H20N6O/c1-18(2)11-24(8-7-21-18)17(25)16-4-3-15(22-23-16)13-10-20-14-5-6-19-9-12(13)14/h3-6,9-10,20-21H,7-8,11H2,1-2H3. The molecule has 0 aliphatic carbocycles. The summed E-state index contributed by atoms with van der Waals surface area (Å²) in [6, 6.07) is 5.49. The Bertz CT molecular complexity index is 915. The maximum atomic E-state index is 12.7. The first kappa shape index (κ1) is 15.7. The van der Waals surface area contributed by atoms with Crippen molar-refractivity contribution in [3.05, 3.63) is 42.5 Å². The molecule has 7 heteroatoms. The van der Waals surface area contributed by atoms with Crippen LogP contribution in [0.25, 0.3) is 22.2 Å². The Labute approximate surface area is 145 Å². The summed E-state index contributed by atoms with van der Waals surface area (Å²) in [4.78, 5) is 21.9. The Morgan fingerprint density at radius 2 is 2.12 bits per heavy atom. The molecule has 0 radical (unpaired) electrons. The number of H-pyrrole nitrogens is 1. The lowest BCUT2D eigenvalue weighted by atomic mass is 10.0. The molecule has 3 aromatic rings. The van der Waals surface area contributed by atoms with E-state index in [0.717, 1.165) is 28.7 Å². The number of piperazine rings is 1. The summed E-state index contributed by atoms with van der Waals surface area (Å²) < 4.78 is 0. The Balaban J connectivity index is 1.59. The van der Waals surface area contributed by atoms with Gasteiger partial charge in [-0.2, -0.15) is 0 Å². The fourth-order valence-corrected chi connectivity index (χ4v) is 3.24. The van der Waals surface area contributed by atoms with Crippen LogP contribution in [0.4, 0.5) is 0 Å². The van der Waals surface area contributed by atoms with Crippen LogP contribution in [-0.2, 0) is 0 Å². The predicted octanol–water partition coefficient (Wildman–Crippen LogP) is 1.84. The molecule has 0 bridgehead atoms. The van der Waals surface area contributed by atoms with Crippen LogP contribution in [0.15, 0.2) is 36.8 Å². The van der Waals surface area contributed by atoms with E-state index in [9.17, 15) is 4.79 Å². The van der Waals surface area contributed by atoms with E-state index in [1.807, 2.05) is 23.2 Å². The highest BCUT2D eigenvalue weighted by atomic mass is 16.2. The molecule has 0 spiro atoms. The fourth-order valence-electron chi connectivity index (χ4n) is 3.24. The monoisotopic (exact) mass is 336 g/mol. The quantitative estimate of drug-likeness (QED) is 0.746. The Morgan fingerprint density at radius 3 is 2.88 bits per heavy atom. The summed E-state index contributed by atoms with van der Waals surface area (Å²) in [5, 5.41) is 12.8. The number of pyridine rings is 1. The smallest absolute Gasteiger partial charge is 0.274 e. The second kappa shape index (κ2) is 5.93. The van der Waals surface area contributed by atoms with Crippen LogP contribution in [0.3, 0.4) is 0 Å². The first-order valence-electron chi connectivity index (χ1n) is 8.33. The van der Waals surface area contributed by atoms with Gasteiger partial charge in [0, 0.05) is 60.2 Å². The molecule has 4 rings (SSSR count). The Hall–Kier alpha value is -2.80. The third kappa shape index (κ3) is 2.98. The minimum atomic E-state index is -0.0850. The van der Waals surface area contributed by atoms with Gasteiger partial charge in [-0.05, 0) is 32.0 Å². The number of rotatable bonds is 2. The number of fused-ring (bicyclic) bond motifs is 1. The molecule has 0 unspecified atom stereocenters. The number of hydrogen-bond acceptors (Lipinski definition) is 5. The summed E-state index contributed by atoms with van der Waals surface area (Å²) in [5.74, 6) is -0.0748. The number of nitrogens with zero attached hydrogens (tertiary/aromatic N) is 4. The highest BCUT2D eigenvalue weighted by molar-refractivity contribution is 5.95. The van der Waals surface area contributed by atoms with Crippen LogP contribution in [0.5, 0.6) is 0 Å². The molecule has 0 atom stereocenters. The highest BCUT2D eigenvalue weighted by Gasteiger charge is 2.29. The van der Waals surface area contributed by atoms with Crippen molar-refractivity contribution < 1.29 is 4.79 Å². The third-order valence-electron chi connectivity index (χ3n) is 4.50. The minimum absolute atomic E-state index is 0.0748. The topological polar surface area (TPSA) is 86.8 Å². The summed E-state index contributed by atoms with van der Waals surface area (Å²) in [6.07, 6.45) is 5.42. The van der Waals surface area contributed by atoms with Gasteiger partial charge in [0.2, 0.25) is 0 Å². The molecule has 3 aromatic heterocycles. The number of hydrogen-bond donors (Lipinski definition) is 2. The van der Waals surface area contributed by atoms with E-state index in [4.69, 9.17) is 0 Å². The highest BCUT2D eigenvalue weighted by Crippen LogP contribution is 2.26. The van der Waals surface area contributed by atoms with E-state index in [2.05, 4.69) is 39.3 Å². The van der Waals surface area contributed by atoms with Crippen LogP contribution >= 0.6 is 0 Å². The van der Waals surface area contributed by atoms with Gasteiger partial charge in [-0.3, -0.25) is 9.78 Å². The van der Waals surface area contributed by atoms with E-state index in [-0.39, 0.29) is 11.4 Å². The number of amides is 1. The molecular weight excluding hydrogens is 316 g/mol. The normalized spacial score (nSPS) is 17.0. The zero-order valence-corrected chi connectivity index (χ0v) is 14.3. The first-order valence-corrected chi connectivity index (χ1v) is 8.33. The lowest BCUT2D eigenvalue weighted by Gasteiger charge is -2.38. The second-order valence-electron chi connectivity index (χ2n) is 6.96. The molecule has 1 saturated heterocycles. The van der Waals surface area contributed by atoms with Crippen molar-refractivity contribution in [1.82, 2.24) is 30.4 Å². The first-order chi connectivity index (χ1) is 12.0. The van der Waals surface area contributed by atoms with E-state index in [1.165, 1.54) is 0 Å². The molecule has 4 heterocycles. The number of carbonyl (C=O) groups excluding carboxylic acids is 1. The maximum absolute atomic E-state index is 12.7. The molecule has 7 nitrogen and oxygen atoms in total. The minimum Gasteiger partial charge on any atom is -0.360 e.